The molecule has 2 rings (SSSR count). The molecule has 1 atom stereocenters. The van der Waals surface area contributed by atoms with Crippen molar-refractivity contribution in [1.82, 2.24) is 4.90 Å². The fourth-order valence-electron chi connectivity index (χ4n) is 1.93. The van der Waals surface area contributed by atoms with Gasteiger partial charge in [-0.25, -0.2) is 0 Å². The molecule has 0 saturated carbocycles. The zero-order valence-corrected chi connectivity index (χ0v) is 12.7. The van der Waals surface area contributed by atoms with E-state index in [9.17, 15) is 4.79 Å². The lowest BCUT2D eigenvalue weighted by atomic mass is 10.2. The summed E-state index contributed by atoms with van der Waals surface area (Å²) in [5.74, 6) is -0.816. The Balaban J connectivity index is 1.91. The van der Waals surface area contributed by atoms with Crippen LogP contribution in [0.5, 0.6) is 0 Å². The fraction of sp³-hybridized carbons (Fsp3) is 0.545. The first kappa shape index (κ1) is 14.3. The van der Waals surface area contributed by atoms with Crippen LogP contribution in [0.1, 0.15) is 11.3 Å². The number of morpholine rings is 1. The van der Waals surface area contributed by atoms with Crippen LogP contribution in [-0.4, -0.2) is 41.8 Å². The first-order valence-corrected chi connectivity index (χ1v) is 7.53. The summed E-state index contributed by atoms with van der Waals surface area (Å²) in [6.07, 6.45) is -0.152. The minimum Gasteiger partial charge on any atom is -0.481 e. The zero-order chi connectivity index (χ0) is 13.1. The SMILES string of the molecule is O=C(O)CC1CN(Cc2cc(Br)c(Cl)s2)CCO1. The highest BCUT2D eigenvalue weighted by Gasteiger charge is 2.23. The van der Waals surface area contributed by atoms with Crippen LogP contribution in [0.2, 0.25) is 4.34 Å². The van der Waals surface area contributed by atoms with Gasteiger partial charge in [0, 0.05) is 29.0 Å². The molecule has 1 unspecified atom stereocenters. The van der Waals surface area contributed by atoms with E-state index in [1.165, 1.54) is 4.88 Å². The van der Waals surface area contributed by atoms with E-state index in [2.05, 4.69) is 20.8 Å². The largest absolute Gasteiger partial charge is 0.481 e. The highest BCUT2D eigenvalue weighted by atomic mass is 79.9. The molecule has 4 nitrogen and oxygen atoms in total. The van der Waals surface area contributed by atoms with Gasteiger partial charge in [-0.1, -0.05) is 11.6 Å². The Morgan fingerprint density at radius 2 is 2.50 bits per heavy atom. The number of aliphatic carboxylic acids is 1. The topological polar surface area (TPSA) is 49.8 Å². The second-order valence-corrected chi connectivity index (χ2v) is 6.75. The maximum Gasteiger partial charge on any atom is 0.306 e. The first-order chi connectivity index (χ1) is 8.54. The van der Waals surface area contributed by atoms with Crippen LogP contribution in [0, 0.1) is 0 Å². The number of carboxylic acids is 1. The number of nitrogens with zero attached hydrogens (tertiary/aromatic N) is 1. The second kappa shape index (κ2) is 6.34. The maximum absolute atomic E-state index is 10.7. The number of ether oxygens (including phenoxy) is 1. The first-order valence-electron chi connectivity index (χ1n) is 5.54. The predicted octanol–water partition coefficient (Wildman–Crippen LogP) is 2.84. The quantitative estimate of drug-likeness (QED) is 0.903. The lowest BCUT2D eigenvalue weighted by molar-refractivity contribution is -0.142. The maximum atomic E-state index is 10.7. The van der Waals surface area contributed by atoms with Gasteiger partial charge in [0.25, 0.3) is 0 Å². The van der Waals surface area contributed by atoms with Gasteiger partial charge in [0.2, 0.25) is 0 Å². The Morgan fingerprint density at radius 1 is 1.72 bits per heavy atom. The number of carbonyl (C=O) groups is 1. The molecule has 0 aromatic carbocycles. The Kier molecular flexibility index (Phi) is 5.03. The third-order valence-electron chi connectivity index (χ3n) is 2.70. The summed E-state index contributed by atoms with van der Waals surface area (Å²) in [4.78, 5) is 14.0. The van der Waals surface area contributed by atoms with E-state index in [1.54, 1.807) is 11.3 Å². The second-order valence-electron chi connectivity index (χ2n) is 4.16. The van der Waals surface area contributed by atoms with Gasteiger partial charge in [-0.3, -0.25) is 9.69 Å². The molecular formula is C11H13BrClNO3S. The summed E-state index contributed by atoms with van der Waals surface area (Å²) < 4.78 is 7.10. The van der Waals surface area contributed by atoms with Gasteiger partial charge in [-0.05, 0) is 22.0 Å². The summed E-state index contributed by atoms with van der Waals surface area (Å²) in [6, 6.07) is 2.01. The van der Waals surface area contributed by atoms with Crippen LogP contribution < -0.4 is 0 Å². The van der Waals surface area contributed by atoms with E-state index in [1.807, 2.05) is 6.07 Å². The van der Waals surface area contributed by atoms with Crippen molar-refractivity contribution in [1.29, 1.82) is 0 Å². The predicted molar refractivity (Wildman–Crippen MR) is 74.3 cm³/mol. The van der Waals surface area contributed by atoms with Crippen LogP contribution in [0.15, 0.2) is 10.5 Å². The van der Waals surface area contributed by atoms with Crippen LogP contribution in [0.3, 0.4) is 0 Å². The number of carboxylic acid groups (broad SMARTS) is 1. The number of rotatable bonds is 4. The van der Waals surface area contributed by atoms with Crippen LogP contribution >= 0.6 is 38.9 Å². The average Bonchev–Trinajstić information content (AvgIpc) is 2.57. The molecular weight excluding hydrogens is 342 g/mol. The number of hydrogen-bond donors (Lipinski definition) is 1. The van der Waals surface area contributed by atoms with Gasteiger partial charge in [-0.2, -0.15) is 0 Å². The lowest BCUT2D eigenvalue weighted by Gasteiger charge is -2.31. The van der Waals surface area contributed by atoms with Crippen molar-refractivity contribution >= 4 is 44.8 Å². The van der Waals surface area contributed by atoms with Crippen molar-refractivity contribution < 1.29 is 14.6 Å². The monoisotopic (exact) mass is 353 g/mol. The van der Waals surface area contributed by atoms with Crippen molar-refractivity contribution in [3.8, 4) is 0 Å². The summed E-state index contributed by atoms with van der Waals surface area (Å²) in [5.41, 5.74) is 0. The van der Waals surface area contributed by atoms with Crippen LogP contribution in [0.25, 0.3) is 0 Å². The number of hydrogen-bond acceptors (Lipinski definition) is 4. The molecule has 1 N–H and O–H groups in total. The Morgan fingerprint density at radius 3 is 3.11 bits per heavy atom. The van der Waals surface area contributed by atoms with E-state index >= 15 is 0 Å². The summed E-state index contributed by atoms with van der Waals surface area (Å²) in [6.45, 7) is 2.84. The molecule has 1 aromatic rings. The van der Waals surface area contributed by atoms with Crippen molar-refractivity contribution in [3.63, 3.8) is 0 Å². The third kappa shape index (κ3) is 3.93. The highest BCUT2D eigenvalue weighted by Crippen LogP contribution is 2.32. The van der Waals surface area contributed by atoms with Crippen molar-refractivity contribution in [2.24, 2.45) is 0 Å². The number of halogens is 2. The molecule has 0 aliphatic carbocycles. The minimum absolute atomic E-state index is 0.0609. The average molecular weight is 355 g/mol. The number of thiophene rings is 1. The highest BCUT2D eigenvalue weighted by molar-refractivity contribution is 9.10. The van der Waals surface area contributed by atoms with E-state index in [0.29, 0.717) is 13.2 Å². The van der Waals surface area contributed by atoms with Gasteiger partial charge in [-0.15, -0.1) is 11.3 Å². The van der Waals surface area contributed by atoms with Crippen molar-refractivity contribution in [2.45, 2.75) is 19.1 Å². The van der Waals surface area contributed by atoms with Gasteiger partial charge in [0.05, 0.1) is 19.1 Å². The molecule has 18 heavy (non-hydrogen) atoms. The fourth-order valence-corrected chi connectivity index (χ4v) is 3.77. The third-order valence-corrected chi connectivity index (χ3v) is 5.16. The molecule has 1 aromatic heterocycles. The zero-order valence-electron chi connectivity index (χ0n) is 9.57. The molecule has 0 spiro atoms. The van der Waals surface area contributed by atoms with Crippen LogP contribution in [0.4, 0.5) is 0 Å². The van der Waals surface area contributed by atoms with Gasteiger partial charge >= 0.3 is 5.97 Å². The molecule has 1 fully saturated rings. The van der Waals surface area contributed by atoms with Gasteiger partial charge in [0.1, 0.15) is 4.34 Å². The van der Waals surface area contributed by atoms with E-state index in [0.717, 1.165) is 21.9 Å². The Bertz CT molecular complexity index is 420. The molecule has 1 saturated heterocycles. The smallest absolute Gasteiger partial charge is 0.306 e. The minimum atomic E-state index is -0.816. The van der Waals surface area contributed by atoms with E-state index in [4.69, 9.17) is 21.4 Å². The Hall–Kier alpha value is -0.140. The molecule has 1 aliphatic rings. The summed E-state index contributed by atoms with van der Waals surface area (Å²) in [7, 11) is 0. The molecule has 2 heterocycles. The lowest BCUT2D eigenvalue weighted by Crippen LogP contribution is -2.42. The summed E-state index contributed by atoms with van der Waals surface area (Å²) >= 11 is 10.9. The van der Waals surface area contributed by atoms with Gasteiger partial charge < -0.3 is 9.84 Å². The van der Waals surface area contributed by atoms with E-state index in [-0.39, 0.29) is 12.5 Å². The molecule has 7 heteroatoms. The van der Waals surface area contributed by atoms with Crippen molar-refractivity contribution in [2.75, 3.05) is 19.7 Å². The van der Waals surface area contributed by atoms with Crippen molar-refractivity contribution in [3.05, 3.63) is 19.8 Å². The molecule has 0 radical (unpaired) electrons. The molecule has 1 aliphatic heterocycles. The molecule has 0 bridgehead atoms. The van der Waals surface area contributed by atoms with E-state index < -0.39 is 5.97 Å². The molecule has 100 valence electrons. The molecule has 0 amide bonds. The summed E-state index contributed by atoms with van der Waals surface area (Å²) in [5, 5.41) is 8.76. The Labute approximate surface area is 123 Å². The van der Waals surface area contributed by atoms with Crippen LogP contribution in [-0.2, 0) is 16.1 Å². The standard InChI is InChI=1S/C11H13BrClNO3S/c12-9-4-8(18-11(9)13)6-14-1-2-17-7(5-14)3-10(15)16/h4,7H,1-3,5-6H2,(H,15,16). The normalized spacial score (nSPS) is 21.1. The van der Waals surface area contributed by atoms with Gasteiger partial charge in [0.15, 0.2) is 0 Å².